The quantitative estimate of drug-likeness (QED) is 0.529. The molecular weight excluding hydrogens is 388 g/mol. The van der Waals surface area contributed by atoms with Gasteiger partial charge in [-0.2, -0.15) is 0 Å². The molecule has 27 heavy (non-hydrogen) atoms. The molecule has 0 atom stereocenters. The Morgan fingerprint density at radius 2 is 1.89 bits per heavy atom. The van der Waals surface area contributed by atoms with Crippen LogP contribution in [0.15, 0.2) is 28.3 Å². The van der Waals surface area contributed by atoms with Crippen molar-refractivity contribution in [3.63, 3.8) is 0 Å². The first-order valence-electron chi connectivity index (χ1n) is 8.04. The number of nitrogens with two attached hydrogens (primary N) is 1. The summed E-state index contributed by atoms with van der Waals surface area (Å²) in [5.41, 5.74) is 2.85. The molecule has 1 aromatic heterocycles. The number of methoxy groups -OCH3 is 1. The van der Waals surface area contributed by atoms with E-state index in [4.69, 9.17) is 9.88 Å². The summed E-state index contributed by atoms with van der Waals surface area (Å²) in [6.07, 6.45) is 2.56. The average Bonchev–Trinajstić information content (AvgIpc) is 2.59. The number of benzene rings is 1. The average molecular weight is 411 g/mol. The molecule has 0 unspecified atom stereocenters. The topological polar surface area (TPSA) is 124 Å². The number of carbonyl (C=O) groups is 1. The number of primary sulfonamides is 1. The van der Waals surface area contributed by atoms with E-state index in [1.807, 2.05) is 20.1 Å². The SMILES string of the molecule is COc1ccc(S(N)(=O)=O)cc1NC(=O)CCc1c(C)nc(SC)nc1C. The van der Waals surface area contributed by atoms with E-state index < -0.39 is 10.0 Å². The summed E-state index contributed by atoms with van der Waals surface area (Å²) in [6, 6.07) is 4.04. The van der Waals surface area contributed by atoms with Crippen molar-refractivity contribution >= 4 is 33.4 Å². The Kier molecular flexibility index (Phi) is 6.79. The van der Waals surface area contributed by atoms with E-state index in [0.717, 1.165) is 17.0 Å². The van der Waals surface area contributed by atoms with Crippen LogP contribution in [0.5, 0.6) is 5.75 Å². The molecule has 0 aliphatic heterocycles. The molecule has 2 rings (SSSR count). The second-order valence-corrected chi connectivity index (χ2v) is 8.15. The lowest BCUT2D eigenvalue weighted by Gasteiger charge is -2.13. The molecule has 1 aromatic carbocycles. The van der Waals surface area contributed by atoms with Crippen LogP contribution < -0.4 is 15.2 Å². The molecule has 1 heterocycles. The van der Waals surface area contributed by atoms with E-state index in [1.165, 1.54) is 37.1 Å². The van der Waals surface area contributed by atoms with Crippen LogP contribution in [0.1, 0.15) is 23.4 Å². The van der Waals surface area contributed by atoms with Gasteiger partial charge in [0, 0.05) is 17.8 Å². The van der Waals surface area contributed by atoms with Crippen molar-refractivity contribution in [1.29, 1.82) is 0 Å². The zero-order chi connectivity index (χ0) is 20.2. The number of anilines is 1. The number of rotatable bonds is 7. The highest BCUT2D eigenvalue weighted by atomic mass is 32.2. The number of hydrogen-bond donors (Lipinski definition) is 2. The van der Waals surface area contributed by atoms with E-state index in [9.17, 15) is 13.2 Å². The Bertz CT molecular complexity index is 938. The minimum atomic E-state index is -3.88. The van der Waals surface area contributed by atoms with Gasteiger partial charge < -0.3 is 10.1 Å². The highest BCUT2D eigenvalue weighted by Gasteiger charge is 2.15. The third kappa shape index (κ3) is 5.41. The Morgan fingerprint density at radius 3 is 2.41 bits per heavy atom. The van der Waals surface area contributed by atoms with Gasteiger partial charge in [0.05, 0.1) is 17.7 Å². The maximum absolute atomic E-state index is 12.4. The molecule has 0 fully saturated rings. The van der Waals surface area contributed by atoms with E-state index in [0.29, 0.717) is 17.3 Å². The molecule has 0 aliphatic carbocycles. The molecule has 1 amide bonds. The first kappa shape index (κ1) is 21.1. The van der Waals surface area contributed by atoms with Gasteiger partial charge in [0.15, 0.2) is 5.16 Å². The number of sulfonamides is 1. The number of aromatic nitrogens is 2. The van der Waals surface area contributed by atoms with Crippen molar-refractivity contribution in [1.82, 2.24) is 9.97 Å². The van der Waals surface area contributed by atoms with Crippen LogP contribution in [0.2, 0.25) is 0 Å². The lowest BCUT2D eigenvalue weighted by atomic mass is 10.1. The smallest absolute Gasteiger partial charge is 0.238 e. The van der Waals surface area contributed by atoms with Crippen molar-refractivity contribution in [3.05, 3.63) is 35.2 Å². The number of amides is 1. The molecule has 0 aliphatic rings. The molecule has 0 saturated carbocycles. The fourth-order valence-corrected chi connectivity index (χ4v) is 3.57. The normalized spacial score (nSPS) is 11.3. The first-order valence-corrected chi connectivity index (χ1v) is 10.8. The number of hydrogen-bond acceptors (Lipinski definition) is 7. The molecule has 0 radical (unpaired) electrons. The highest BCUT2D eigenvalue weighted by molar-refractivity contribution is 7.98. The number of aryl methyl sites for hydroxylation is 2. The second-order valence-electron chi connectivity index (χ2n) is 5.81. The van der Waals surface area contributed by atoms with Gasteiger partial charge in [-0.1, -0.05) is 11.8 Å². The summed E-state index contributed by atoms with van der Waals surface area (Å²) in [7, 11) is -2.46. The van der Waals surface area contributed by atoms with Crippen molar-refractivity contribution in [2.24, 2.45) is 5.14 Å². The lowest BCUT2D eigenvalue weighted by Crippen LogP contribution is -2.16. The van der Waals surface area contributed by atoms with Gasteiger partial charge in [-0.25, -0.2) is 23.5 Å². The van der Waals surface area contributed by atoms with E-state index in [2.05, 4.69) is 15.3 Å². The van der Waals surface area contributed by atoms with Gasteiger partial charge in [0.2, 0.25) is 15.9 Å². The number of carbonyl (C=O) groups excluding carboxylic acids is 1. The zero-order valence-corrected chi connectivity index (χ0v) is 17.2. The first-order chi connectivity index (χ1) is 12.7. The Labute approximate surface area is 163 Å². The number of thioether (sulfide) groups is 1. The van der Waals surface area contributed by atoms with Crippen LogP contribution in [-0.4, -0.2) is 37.7 Å². The molecule has 2 aromatic rings. The van der Waals surface area contributed by atoms with E-state index in [-0.39, 0.29) is 22.9 Å². The third-order valence-corrected chi connectivity index (χ3v) is 5.42. The maximum Gasteiger partial charge on any atom is 0.238 e. The van der Waals surface area contributed by atoms with Gasteiger partial charge in [-0.3, -0.25) is 4.79 Å². The minimum absolute atomic E-state index is 0.105. The third-order valence-electron chi connectivity index (χ3n) is 3.96. The van der Waals surface area contributed by atoms with Crippen LogP contribution in [0, 0.1) is 13.8 Å². The zero-order valence-electron chi connectivity index (χ0n) is 15.6. The van der Waals surface area contributed by atoms with Crippen LogP contribution in [0.25, 0.3) is 0 Å². The lowest BCUT2D eigenvalue weighted by molar-refractivity contribution is -0.116. The van der Waals surface area contributed by atoms with Gasteiger partial charge in [-0.05, 0) is 50.3 Å². The van der Waals surface area contributed by atoms with Crippen LogP contribution >= 0.6 is 11.8 Å². The Balaban J connectivity index is 2.15. The number of nitrogens with one attached hydrogen (secondary N) is 1. The van der Waals surface area contributed by atoms with E-state index >= 15 is 0 Å². The van der Waals surface area contributed by atoms with Crippen molar-refractivity contribution < 1.29 is 17.9 Å². The fraction of sp³-hybridized carbons (Fsp3) is 0.353. The van der Waals surface area contributed by atoms with Gasteiger partial charge in [-0.15, -0.1) is 0 Å². The van der Waals surface area contributed by atoms with Crippen LogP contribution in [0.4, 0.5) is 5.69 Å². The Morgan fingerprint density at radius 1 is 1.26 bits per heavy atom. The molecular formula is C17H22N4O4S2. The second kappa shape index (κ2) is 8.68. The maximum atomic E-state index is 12.4. The predicted molar refractivity (Wildman–Crippen MR) is 105 cm³/mol. The van der Waals surface area contributed by atoms with Gasteiger partial charge in [0.25, 0.3) is 0 Å². The summed E-state index contributed by atoms with van der Waals surface area (Å²) in [4.78, 5) is 21.1. The van der Waals surface area contributed by atoms with Gasteiger partial charge in [0.1, 0.15) is 5.75 Å². The summed E-state index contributed by atoms with van der Waals surface area (Å²) in [5, 5.41) is 8.52. The fourth-order valence-electron chi connectivity index (χ4n) is 2.57. The van der Waals surface area contributed by atoms with E-state index in [1.54, 1.807) is 0 Å². The molecule has 10 heteroatoms. The highest BCUT2D eigenvalue weighted by Crippen LogP contribution is 2.27. The summed E-state index contributed by atoms with van der Waals surface area (Å²) in [6.45, 7) is 3.78. The number of nitrogens with zero attached hydrogens (tertiary/aromatic N) is 2. The molecule has 8 nitrogen and oxygen atoms in total. The molecule has 0 saturated heterocycles. The minimum Gasteiger partial charge on any atom is -0.495 e. The largest absolute Gasteiger partial charge is 0.495 e. The van der Waals surface area contributed by atoms with Crippen LogP contribution in [-0.2, 0) is 21.2 Å². The monoisotopic (exact) mass is 410 g/mol. The van der Waals surface area contributed by atoms with Crippen molar-refractivity contribution in [2.45, 2.75) is 36.7 Å². The van der Waals surface area contributed by atoms with Crippen LogP contribution in [0.3, 0.4) is 0 Å². The number of ether oxygens (including phenoxy) is 1. The molecule has 3 N–H and O–H groups in total. The predicted octanol–water partition coefficient (Wildman–Crippen LogP) is 2.04. The van der Waals surface area contributed by atoms with Crippen molar-refractivity contribution in [3.8, 4) is 5.75 Å². The summed E-state index contributed by atoms with van der Waals surface area (Å²) in [5.74, 6) is 0.0587. The standard InChI is InChI=1S/C17H22N4O4S2/c1-10-13(11(2)20-17(19-10)26-4)6-8-16(22)21-14-9-12(27(18,23)24)5-7-15(14)25-3/h5,7,9H,6,8H2,1-4H3,(H,21,22)(H2,18,23,24). The molecule has 0 spiro atoms. The molecule has 0 bridgehead atoms. The van der Waals surface area contributed by atoms with Crippen molar-refractivity contribution in [2.75, 3.05) is 18.7 Å². The summed E-state index contributed by atoms with van der Waals surface area (Å²) >= 11 is 1.46. The van der Waals surface area contributed by atoms with Gasteiger partial charge >= 0.3 is 0 Å². The molecule has 146 valence electrons. The summed E-state index contributed by atoms with van der Waals surface area (Å²) < 4.78 is 28.2. The Hall–Kier alpha value is -2.17.